The zero-order valence-electron chi connectivity index (χ0n) is 10.0. The van der Waals surface area contributed by atoms with Crippen LogP contribution >= 0.6 is 11.6 Å². The number of hydrogen-bond acceptors (Lipinski definition) is 2. The predicted molar refractivity (Wildman–Crippen MR) is 68.8 cm³/mol. The first-order valence-electron chi connectivity index (χ1n) is 6.09. The highest BCUT2D eigenvalue weighted by molar-refractivity contribution is 6.17. The zero-order valence-corrected chi connectivity index (χ0v) is 10.8. The average molecular weight is 244 g/mol. The second kappa shape index (κ2) is 8.59. The third-order valence-electron chi connectivity index (χ3n) is 2.86. The second-order valence-electron chi connectivity index (χ2n) is 4.11. The molecular formula is C12H22ClN3. The number of alkyl halides is 1. The largest absolute Gasteiger partial charge is 0.337 e. The van der Waals surface area contributed by atoms with E-state index in [9.17, 15) is 0 Å². The number of rotatable bonds is 9. The molecular weight excluding hydrogens is 222 g/mol. The maximum absolute atomic E-state index is 5.74. The van der Waals surface area contributed by atoms with Gasteiger partial charge >= 0.3 is 0 Å². The normalized spacial score (nSPS) is 12.9. The minimum atomic E-state index is 0.728. The molecule has 0 radical (unpaired) electrons. The molecule has 1 unspecified atom stereocenters. The number of aryl methyl sites for hydroxylation is 1. The van der Waals surface area contributed by atoms with Crippen molar-refractivity contribution in [2.24, 2.45) is 5.92 Å². The van der Waals surface area contributed by atoms with Gasteiger partial charge < -0.3 is 9.88 Å². The summed E-state index contributed by atoms with van der Waals surface area (Å²) in [6, 6.07) is 0. The van der Waals surface area contributed by atoms with E-state index < -0.39 is 0 Å². The van der Waals surface area contributed by atoms with E-state index >= 15 is 0 Å². The summed E-state index contributed by atoms with van der Waals surface area (Å²) in [7, 11) is 0. The van der Waals surface area contributed by atoms with E-state index in [0.29, 0.717) is 0 Å². The highest BCUT2D eigenvalue weighted by atomic mass is 35.5. The zero-order chi connectivity index (χ0) is 11.6. The summed E-state index contributed by atoms with van der Waals surface area (Å²) in [5, 5.41) is 3.49. The molecule has 92 valence electrons. The van der Waals surface area contributed by atoms with Crippen molar-refractivity contribution < 1.29 is 0 Å². The molecule has 0 fully saturated rings. The van der Waals surface area contributed by atoms with Crippen LogP contribution in [0, 0.1) is 5.92 Å². The average Bonchev–Trinajstić information content (AvgIpc) is 2.80. The molecule has 3 nitrogen and oxygen atoms in total. The number of aromatic nitrogens is 2. The van der Waals surface area contributed by atoms with Gasteiger partial charge in [0.2, 0.25) is 0 Å². The number of hydrogen-bond donors (Lipinski definition) is 1. The molecule has 1 atom stereocenters. The van der Waals surface area contributed by atoms with Gasteiger partial charge in [-0.2, -0.15) is 0 Å². The molecule has 1 aromatic rings. The Balaban J connectivity index is 1.98. The summed E-state index contributed by atoms with van der Waals surface area (Å²) in [6.45, 7) is 5.42. The monoisotopic (exact) mass is 243 g/mol. The Morgan fingerprint density at radius 1 is 1.50 bits per heavy atom. The van der Waals surface area contributed by atoms with E-state index in [-0.39, 0.29) is 0 Å². The van der Waals surface area contributed by atoms with Crippen molar-refractivity contribution in [3.8, 4) is 0 Å². The SMILES string of the molecule is CCC(CCCl)CNCCCn1ccnc1. The molecule has 0 saturated heterocycles. The van der Waals surface area contributed by atoms with Gasteiger partial charge in [0.25, 0.3) is 0 Å². The van der Waals surface area contributed by atoms with Crippen molar-refractivity contribution >= 4 is 11.6 Å². The fourth-order valence-corrected chi connectivity index (χ4v) is 2.03. The Kier molecular flexibility index (Phi) is 7.26. The van der Waals surface area contributed by atoms with Gasteiger partial charge in [-0.15, -0.1) is 11.6 Å². The van der Waals surface area contributed by atoms with Crippen LogP contribution in [0.5, 0.6) is 0 Å². The predicted octanol–water partition coefficient (Wildman–Crippen LogP) is 2.52. The van der Waals surface area contributed by atoms with E-state index in [1.54, 1.807) is 0 Å². The minimum Gasteiger partial charge on any atom is -0.337 e. The van der Waals surface area contributed by atoms with Gasteiger partial charge in [0.15, 0.2) is 0 Å². The molecule has 0 aliphatic carbocycles. The lowest BCUT2D eigenvalue weighted by molar-refractivity contribution is 0.444. The molecule has 1 aromatic heterocycles. The maximum Gasteiger partial charge on any atom is 0.0945 e. The standard InChI is InChI=1S/C12H22ClN3/c1-2-12(4-5-13)10-14-6-3-8-16-9-7-15-11-16/h7,9,11-12,14H,2-6,8,10H2,1H3. The molecule has 1 rings (SSSR count). The summed E-state index contributed by atoms with van der Waals surface area (Å²) in [5.74, 6) is 1.50. The molecule has 4 heteroatoms. The lowest BCUT2D eigenvalue weighted by Gasteiger charge is -2.14. The maximum atomic E-state index is 5.74. The molecule has 0 aliphatic rings. The van der Waals surface area contributed by atoms with Crippen LogP contribution in [0.4, 0.5) is 0 Å². The first-order chi connectivity index (χ1) is 7.86. The number of nitrogens with zero attached hydrogens (tertiary/aromatic N) is 2. The van der Waals surface area contributed by atoms with Crippen molar-refractivity contribution in [1.29, 1.82) is 0 Å². The van der Waals surface area contributed by atoms with Crippen LogP contribution in [0.15, 0.2) is 18.7 Å². The van der Waals surface area contributed by atoms with Gasteiger partial charge in [-0.3, -0.25) is 0 Å². The van der Waals surface area contributed by atoms with E-state index in [4.69, 9.17) is 11.6 Å². The summed E-state index contributed by atoms with van der Waals surface area (Å²) in [6.07, 6.45) is 9.16. The number of halogens is 1. The third-order valence-corrected chi connectivity index (χ3v) is 3.07. The fourth-order valence-electron chi connectivity index (χ4n) is 1.72. The van der Waals surface area contributed by atoms with Crippen LogP contribution in [0.3, 0.4) is 0 Å². The van der Waals surface area contributed by atoms with Crippen molar-refractivity contribution in [3.63, 3.8) is 0 Å². The molecule has 1 N–H and O–H groups in total. The van der Waals surface area contributed by atoms with Crippen LogP contribution in [0.1, 0.15) is 26.2 Å². The lowest BCUT2D eigenvalue weighted by atomic mass is 10.0. The Morgan fingerprint density at radius 3 is 3.00 bits per heavy atom. The fraction of sp³-hybridized carbons (Fsp3) is 0.750. The lowest BCUT2D eigenvalue weighted by Crippen LogP contribution is -2.24. The number of imidazole rings is 1. The molecule has 0 amide bonds. The van der Waals surface area contributed by atoms with Gasteiger partial charge in [-0.1, -0.05) is 13.3 Å². The topological polar surface area (TPSA) is 29.9 Å². The van der Waals surface area contributed by atoms with Crippen molar-refractivity contribution in [2.45, 2.75) is 32.7 Å². The third kappa shape index (κ3) is 5.52. The smallest absolute Gasteiger partial charge is 0.0945 e. The van der Waals surface area contributed by atoms with Gasteiger partial charge in [-0.05, 0) is 31.8 Å². The summed E-state index contributed by atoms with van der Waals surface area (Å²) in [5.41, 5.74) is 0. The van der Waals surface area contributed by atoms with Crippen LogP contribution in [0.2, 0.25) is 0 Å². The molecule has 16 heavy (non-hydrogen) atoms. The van der Waals surface area contributed by atoms with Crippen LogP contribution in [0.25, 0.3) is 0 Å². The second-order valence-corrected chi connectivity index (χ2v) is 4.49. The highest BCUT2D eigenvalue weighted by Crippen LogP contribution is 2.07. The Bertz CT molecular complexity index is 249. The highest BCUT2D eigenvalue weighted by Gasteiger charge is 2.03. The Labute approximate surface area is 103 Å². The molecule has 0 spiro atoms. The van der Waals surface area contributed by atoms with Gasteiger partial charge in [0.05, 0.1) is 6.33 Å². The number of nitrogens with one attached hydrogen (secondary N) is 1. The molecule has 0 aromatic carbocycles. The van der Waals surface area contributed by atoms with Crippen LogP contribution in [-0.2, 0) is 6.54 Å². The molecule has 0 saturated carbocycles. The van der Waals surface area contributed by atoms with Crippen LogP contribution in [-0.4, -0.2) is 28.5 Å². The Hall–Kier alpha value is -0.540. The first kappa shape index (κ1) is 13.5. The van der Waals surface area contributed by atoms with Crippen LogP contribution < -0.4 is 5.32 Å². The first-order valence-corrected chi connectivity index (χ1v) is 6.62. The van der Waals surface area contributed by atoms with Gasteiger partial charge in [-0.25, -0.2) is 4.98 Å². The summed E-state index contributed by atoms with van der Waals surface area (Å²) < 4.78 is 2.11. The van der Waals surface area contributed by atoms with Crippen molar-refractivity contribution in [3.05, 3.63) is 18.7 Å². The molecule has 0 bridgehead atoms. The molecule has 1 heterocycles. The quantitative estimate of drug-likeness (QED) is 0.534. The summed E-state index contributed by atoms with van der Waals surface area (Å²) >= 11 is 5.74. The van der Waals surface area contributed by atoms with E-state index in [0.717, 1.165) is 44.3 Å². The Morgan fingerprint density at radius 2 is 2.38 bits per heavy atom. The molecule has 0 aliphatic heterocycles. The summed E-state index contributed by atoms with van der Waals surface area (Å²) in [4.78, 5) is 4.01. The van der Waals surface area contributed by atoms with E-state index in [1.807, 2.05) is 18.7 Å². The van der Waals surface area contributed by atoms with Gasteiger partial charge in [0.1, 0.15) is 0 Å². The minimum absolute atomic E-state index is 0.728. The van der Waals surface area contributed by atoms with Crippen molar-refractivity contribution in [1.82, 2.24) is 14.9 Å². The van der Waals surface area contributed by atoms with Crippen molar-refractivity contribution in [2.75, 3.05) is 19.0 Å². The van der Waals surface area contributed by atoms with E-state index in [2.05, 4.69) is 21.8 Å². The van der Waals surface area contributed by atoms with E-state index in [1.165, 1.54) is 6.42 Å². The van der Waals surface area contributed by atoms with Gasteiger partial charge in [0, 0.05) is 24.8 Å².